The zero-order valence-electron chi connectivity index (χ0n) is 20.1. The van der Waals surface area contributed by atoms with Crippen LogP contribution in [0.1, 0.15) is 46.8 Å². The molecule has 34 heavy (non-hydrogen) atoms. The maximum Gasteiger partial charge on any atom is 0.306 e. The molecule has 7 nitrogen and oxygen atoms in total. The van der Waals surface area contributed by atoms with Gasteiger partial charge in [0.1, 0.15) is 0 Å². The summed E-state index contributed by atoms with van der Waals surface area (Å²) in [5.41, 5.74) is 4.85. The number of fused-ring (bicyclic) bond motifs is 1. The van der Waals surface area contributed by atoms with Crippen LogP contribution in [0.15, 0.2) is 47.6 Å². The third kappa shape index (κ3) is 6.44. The highest BCUT2D eigenvalue weighted by molar-refractivity contribution is 6.04. The summed E-state index contributed by atoms with van der Waals surface area (Å²) in [5, 5.41) is 9.65. The van der Waals surface area contributed by atoms with Crippen molar-refractivity contribution < 1.29 is 14.3 Å². The van der Waals surface area contributed by atoms with E-state index >= 15 is 0 Å². The van der Waals surface area contributed by atoms with Crippen LogP contribution >= 0.6 is 0 Å². The molecule has 1 heterocycles. The van der Waals surface area contributed by atoms with E-state index in [4.69, 9.17) is 4.74 Å². The molecule has 0 bridgehead atoms. The van der Waals surface area contributed by atoms with Gasteiger partial charge in [0, 0.05) is 43.9 Å². The molecule has 1 N–H and O–H groups in total. The Bertz CT molecular complexity index is 1030. The van der Waals surface area contributed by atoms with Crippen molar-refractivity contribution in [3.05, 3.63) is 64.7 Å². The fourth-order valence-electron chi connectivity index (χ4n) is 4.52. The van der Waals surface area contributed by atoms with Crippen LogP contribution in [0.4, 0.5) is 5.69 Å². The number of hydrogen-bond acceptors (Lipinski definition) is 6. The fraction of sp³-hybridized carbons (Fsp3) is 0.444. The largest absolute Gasteiger partial charge is 0.466 e. The van der Waals surface area contributed by atoms with Crippen molar-refractivity contribution in [1.29, 1.82) is 0 Å². The number of hydrogen-bond donors (Lipinski definition) is 1. The number of benzene rings is 2. The van der Waals surface area contributed by atoms with Crippen LogP contribution in [-0.2, 0) is 22.4 Å². The Morgan fingerprint density at radius 1 is 1.09 bits per heavy atom. The zero-order chi connectivity index (χ0) is 23.9. The normalized spacial score (nSPS) is 18.5. The monoisotopic (exact) mass is 462 g/mol. The molecule has 0 aromatic heterocycles. The smallest absolute Gasteiger partial charge is 0.306 e. The molecular weight excluding hydrogens is 428 g/mol. The molecule has 7 heteroatoms. The number of aryl methyl sites for hydroxylation is 1. The second-order valence-corrected chi connectivity index (χ2v) is 9.18. The lowest BCUT2D eigenvalue weighted by Gasteiger charge is -2.30. The summed E-state index contributed by atoms with van der Waals surface area (Å²) in [6.45, 7) is 6.15. The molecule has 1 saturated heterocycles. The Morgan fingerprint density at radius 3 is 2.59 bits per heavy atom. The number of nitrogens with one attached hydrogen (secondary N) is 1. The Balaban J connectivity index is 1.33. The molecule has 1 atom stereocenters. The van der Waals surface area contributed by atoms with Gasteiger partial charge < -0.3 is 15.0 Å². The minimum Gasteiger partial charge on any atom is -0.466 e. The van der Waals surface area contributed by atoms with E-state index in [1.54, 1.807) is 0 Å². The van der Waals surface area contributed by atoms with Crippen molar-refractivity contribution in [2.45, 2.75) is 32.6 Å². The summed E-state index contributed by atoms with van der Waals surface area (Å²) in [6.07, 6.45) is 5.07. The van der Waals surface area contributed by atoms with Crippen LogP contribution in [0.5, 0.6) is 0 Å². The van der Waals surface area contributed by atoms with Gasteiger partial charge in [0.25, 0.3) is 5.91 Å². The lowest BCUT2D eigenvalue weighted by Crippen LogP contribution is -2.41. The molecule has 4 rings (SSSR count). The molecule has 1 fully saturated rings. The summed E-state index contributed by atoms with van der Waals surface area (Å²) in [4.78, 5) is 26.9. The van der Waals surface area contributed by atoms with Gasteiger partial charge in [-0.2, -0.15) is 5.10 Å². The highest BCUT2D eigenvalue weighted by Crippen LogP contribution is 2.30. The van der Waals surface area contributed by atoms with Crippen LogP contribution in [-0.4, -0.2) is 67.8 Å². The number of rotatable bonds is 7. The van der Waals surface area contributed by atoms with Crippen molar-refractivity contribution >= 4 is 23.8 Å². The molecule has 0 saturated carbocycles. The minimum absolute atomic E-state index is 0.127. The number of likely N-dealkylation sites (N-methyl/N-ethyl adjacent to an activating group) is 1. The van der Waals surface area contributed by atoms with Crippen molar-refractivity contribution in [3.8, 4) is 0 Å². The van der Waals surface area contributed by atoms with Gasteiger partial charge in [0.05, 0.1) is 12.8 Å². The van der Waals surface area contributed by atoms with Crippen molar-refractivity contribution in [2.24, 2.45) is 11.0 Å². The van der Waals surface area contributed by atoms with Crippen LogP contribution < -0.4 is 5.32 Å². The Kier molecular flexibility index (Phi) is 7.95. The van der Waals surface area contributed by atoms with Gasteiger partial charge in [0.15, 0.2) is 0 Å². The maximum atomic E-state index is 12.8. The van der Waals surface area contributed by atoms with E-state index in [9.17, 15) is 9.59 Å². The van der Waals surface area contributed by atoms with Gasteiger partial charge in [-0.15, -0.1) is 0 Å². The highest BCUT2D eigenvalue weighted by atomic mass is 16.5. The van der Waals surface area contributed by atoms with Crippen LogP contribution in [0.3, 0.4) is 0 Å². The summed E-state index contributed by atoms with van der Waals surface area (Å²) >= 11 is 0. The molecule has 1 unspecified atom stereocenters. The van der Waals surface area contributed by atoms with Crippen molar-refractivity contribution in [3.63, 3.8) is 0 Å². The second kappa shape index (κ2) is 11.3. The van der Waals surface area contributed by atoms with Crippen LogP contribution in [0, 0.1) is 5.92 Å². The molecule has 2 aliphatic rings. The van der Waals surface area contributed by atoms with Gasteiger partial charge in [0.2, 0.25) is 0 Å². The molecule has 1 aliphatic carbocycles. The third-order valence-corrected chi connectivity index (χ3v) is 6.58. The molecule has 0 radical (unpaired) electrons. The Labute approximate surface area is 201 Å². The number of piperazine rings is 1. The van der Waals surface area contributed by atoms with E-state index in [1.165, 1.54) is 11.1 Å². The summed E-state index contributed by atoms with van der Waals surface area (Å²) in [5.74, 6) is 0.0244. The van der Waals surface area contributed by atoms with Crippen molar-refractivity contribution in [2.75, 3.05) is 45.2 Å². The molecule has 180 valence electrons. The average Bonchev–Trinajstić information content (AvgIpc) is 2.84. The number of nitrogens with zero attached hydrogens (tertiary/aromatic N) is 3. The van der Waals surface area contributed by atoms with Gasteiger partial charge >= 0.3 is 5.97 Å². The third-order valence-electron chi connectivity index (χ3n) is 6.58. The molecule has 1 aliphatic heterocycles. The Morgan fingerprint density at radius 2 is 1.85 bits per heavy atom. The fourth-order valence-corrected chi connectivity index (χ4v) is 4.52. The first-order valence-electron chi connectivity index (χ1n) is 12.2. The van der Waals surface area contributed by atoms with E-state index in [2.05, 4.69) is 33.4 Å². The lowest BCUT2D eigenvalue weighted by atomic mass is 9.82. The lowest BCUT2D eigenvalue weighted by molar-refractivity contribution is -0.144. The number of anilines is 1. The first-order chi connectivity index (χ1) is 16.5. The molecule has 2 aromatic rings. The van der Waals surface area contributed by atoms with Gasteiger partial charge in [-0.3, -0.25) is 14.6 Å². The predicted octanol–water partition coefficient (Wildman–Crippen LogP) is 3.58. The zero-order valence-corrected chi connectivity index (χ0v) is 20.1. The van der Waals surface area contributed by atoms with E-state index in [-0.39, 0.29) is 17.8 Å². The number of hydrazone groups is 1. The SMILES string of the molecule is CCOC(=O)CC1CCc2ccc(NC(=O)c3ccc(/C=N/N4CCN(C)CC4)cc3)cc2C1. The number of carbonyl (C=O) groups excluding carboxylic acids is 2. The molecule has 1 amide bonds. The van der Waals surface area contributed by atoms with Crippen molar-refractivity contribution in [1.82, 2.24) is 9.91 Å². The number of carbonyl (C=O) groups is 2. The number of ether oxygens (including phenoxy) is 1. The molecule has 2 aromatic carbocycles. The van der Waals surface area contributed by atoms with Gasteiger partial charge in [-0.05, 0) is 80.1 Å². The molecular formula is C27H34N4O3. The highest BCUT2D eigenvalue weighted by Gasteiger charge is 2.22. The van der Waals surface area contributed by atoms with E-state index in [0.29, 0.717) is 18.6 Å². The minimum atomic E-state index is -0.138. The number of amides is 1. The van der Waals surface area contributed by atoms with E-state index in [0.717, 1.165) is 56.7 Å². The van der Waals surface area contributed by atoms with Gasteiger partial charge in [-0.25, -0.2) is 0 Å². The molecule has 0 spiro atoms. The van der Waals surface area contributed by atoms with Crippen LogP contribution in [0.25, 0.3) is 0 Å². The summed E-state index contributed by atoms with van der Waals surface area (Å²) in [7, 11) is 2.12. The maximum absolute atomic E-state index is 12.8. The first kappa shape index (κ1) is 24.0. The first-order valence-corrected chi connectivity index (χ1v) is 12.2. The summed E-state index contributed by atoms with van der Waals surface area (Å²) in [6, 6.07) is 13.6. The predicted molar refractivity (Wildman–Crippen MR) is 134 cm³/mol. The van der Waals surface area contributed by atoms with E-state index < -0.39 is 0 Å². The van der Waals surface area contributed by atoms with Crippen LogP contribution in [0.2, 0.25) is 0 Å². The topological polar surface area (TPSA) is 74.2 Å². The quantitative estimate of drug-likeness (QED) is 0.503. The standard InChI is InChI=1S/C27H34N4O3/c1-3-34-26(32)17-21-6-7-22-10-11-25(18-24(22)16-21)29-27(33)23-8-4-20(5-9-23)19-28-31-14-12-30(2)13-15-31/h4-5,8-11,18-19,21H,3,6-7,12-17H2,1-2H3,(H,29,33)/b28-19+. The average molecular weight is 463 g/mol. The second-order valence-electron chi connectivity index (χ2n) is 9.18. The number of esters is 1. The summed E-state index contributed by atoms with van der Waals surface area (Å²) < 4.78 is 5.11. The van der Waals surface area contributed by atoms with Gasteiger partial charge in [-0.1, -0.05) is 18.2 Å². The van der Waals surface area contributed by atoms with E-state index in [1.807, 2.05) is 49.5 Å². The Hall–Kier alpha value is -3.19.